The highest BCUT2D eigenvalue weighted by atomic mass is 19.1. The monoisotopic (exact) mass is 409 g/mol. The molecule has 2 aromatic heterocycles. The number of hydrogen-bond donors (Lipinski definition) is 1. The van der Waals surface area contributed by atoms with Crippen molar-refractivity contribution in [2.24, 2.45) is 0 Å². The van der Waals surface area contributed by atoms with Gasteiger partial charge in [0.2, 0.25) is 5.91 Å². The maximum Gasteiger partial charge on any atom is 0.414 e. The van der Waals surface area contributed by atoms with Crippen LogP contribution in [0.25, 0.3) is 16.9 Å². The van der Waals surface area contributed by atoms with Crippen LogP contribution in [-0.2, 0) is 9.53 Å². The number of benzene rings is 1. The highest BCUT2D eigenvalue weighted by Crippen LogP contribution is 2.26. The molecule has 0 radical (unpaired) electrons. The number of nitrogens with one attached hydrogen (secondary N) is 1. The second kappa shape index (κ2) is 8.32. The average Bonchev–Trinajstić information content (AvgIpc) is 3.39. The highest BCUT2D eigenvalue weighted by Gasteiger charge is 2.32. The van der Waals surface area contributed by atoms with Gasteiger partial charge in [0.25, 0.3) is 0 Å². The second-order valence-corrected chi connectivity index (χ2v) is 6.80. The summed E-state index contributed by atoms with van der Waals surface area (Å²) in [6, 6.07) is 9.99. The van der Waals surface area contributed by atoms with E-state index in [1.54, 1.807) is 37.6 Å². The molecule has 1 atom stereocenters. The number of carbonyl (C=O) groups is 2. The third-order valence-corrected chi connectivity index (χ3v) is 4.76. The molecule has 0 saturated carbocycles. The van der Waals surface area contributed by atoms with Crippen LogP contribution in [0.3, 0.4) is 0 Å². The fourth-order valence-electron chi connectivity index (χ4n) is 3.16. The van der Waals surface area contributed by atoms with E-state index in [0.29, 0.717) is 12.1 Å². The maximum absolute atomic E-state index is 14.8. The lowest BCUT2D eigenvalue weighted by Gasteiger charge is -2.14. The molecule has 3 aromatic rings. The first-order valence-electron chi connectivity index (χ1n) is 9.56. The molecule has 154 valence electrons. The number of halogens is 1. The van der Waals surface area contributed by atoms with Crippen molar-refractivity contribution in [1.29, 1.82) is 0 Å². The van der Waals surface area contributed by atoms with E-state index in [1.165, 1.54) is 15.6 Å². The van der Waals surface area contributed by atoms with E-state index >= 15 is 0 Å². The van der Waals surface area contributed by atoms with Crippen LogP contribution in [0.5, 0.6) is 0 Å². The Hall–Kier alpha value is -3.75. The average molecular weight is 409 g/mol. The van der Waals surface area contributed by atoms with Gasteiger partial charge in [-0.2, -0.15) is 5.10 Å². The van der Waals surface area contributed by atoms with E-state index < -0.39 is 18.0 Å². The van der Waals surface area contributed by atoms with Crippen molar-refractivity contribution < 1.29 is 18.7 Å². The topological polar surface area (TPSA) is 89.4 Å². The summed E-state index contributed by atoms with van der Waals surface area (Å²) in [6.07, 6.45) is 4.28. The van der Waals surface area contributed by atoms with Crippen LogP contribution in [0.4, 0.5) is 14.9 Å². The number of rotatable bonds is 6. The summed E-state index contributed by atoms with van der Waals surface area (Å²) in [4.78, 5) is 29.2. The van der Waals surface area contributed by atoms with Crippen LogP contribution in [0, 0.1) is 5.82 Å². The van der Waals surface area contributed by atoms with E-state index in [0.717, 1.165) is 11.3 Å². The molecule has 8 nitrogen and oxygen atoms in total. The molecule has 1 aromatic carbocycles. The van der Waals surface area contributed by atoms with E-state index in [9.17, 15) is 14.0 Å². The zero-order valence-corrected chi connectivity index (χ0v) is 16.3. The van der Waals surface area contributed by atoms with Gasteiger partial charge in [-0.1, -0.05) is 13.0 Å². The molecule has 4 rings (SSSR count). The molecule has 3 heterocycles. The molecule has 9 heteroatoms. The summed E-state index contributed by atoms with van der Waals surface area (Å²) in [5, 5.41) is 6.91. The number of hydrogen-bond acceptors (Lipinski definition) is 5. The standard InChI is InChI=1S/C21H20FN5O3/c1-2-20(28)24-11-16-13-26(21(29)30-16)15-6-7-19(17(22)9-15)27-12-14(10-25-27)18-5-3-4-8-23-18/h3-10,12,16H,2,11,13H2,1H3,(H,24,28)/t16-/m0/s1. The van der Waals surface area contributed by atoms with E-state index in [-0.39, 0.29) is 24.7 Å². The number of carbonyl (C=O) groups excluding carboxylic acids is 2. The van der Waals surface area contributed by atoms with Crippen LogP contribution < -0.4 is 10.2 Å². The van der Waals surface area contributed by atoms with Crippen molar-refractivity contribution in [3.8, 4) is 16.9 Å². The molecule has 30 heavy (non-hydrogen) atoms. The van der Waals surface area contributed by atoms with Gasteiger partial charge in [-0.15, -0.1) is 0 Å². The zero-order valence-electron chi connectivity index (χ0n) is 16.3. The molecular weight excluding hydrogens is 389 g/mol. The zero-order chi connectivity index (χ0) is 21.1. The molecule has 1 aliphatic heterocycles. The van der Waals surface area contributed by atoms with E-state index in [4.69, 9.17) is 4.74 Å². The lowest BCUT2D eigenvalue weighted by Crippen LogP contribution is -2.34. The maximum atomic E-state index is 14.8. The normalized spacial score (nSPS) is 15.9. The SMILES string of the molecule is CCC(=O)NC[C@H]1CN(c2ccc(-n3cc(-c4ccccn4)cn3)c(F)c2)C(=O)O1. The fraction of sp³-hybridized carbons (Fsp3) is 0.238. The minimum Gasteiger partial charge on any atom is -0.442 e. The van der Waals surface area contributed by atoms with Gasteiger partial charge in [-0.25, -0.2) is 13.9 Å². The lowest BCUT2D eigenvalue weighted by molar-refractivity contribution is -0.121. The van der Waals surface area contributed by atoms with Crippen molar-refractivity contribution in [2.75, 3.05) is 18.0 Å². The third-order valence-electron chi connectivity index (χ3n) is 4.76. The molecule has 1 N–H and O–H groups in total. The number of aromatic nitrogens is 3. The number of cyclic esters (lactones) is 1. The van der Waals surface area contributed by atoms with Gasteiger partial charge < -0.3 is 10.1 Å². The third kappa shape index (κ3) is 4.00. The van der Waals surface area contributed by atoms with Crippen molar-refractivity contribution >= 4 is 17.7 Å². The first-order valence-corrected chi connectivity index (χ1v) is 9.56. The molecule has 0 unspecified atom stereocenters. The molecule has 1 fully saturated rings. The number of anilines is 1. The number of amides is 2. The van der Waals surface area contributed by atoms with E-state index in [2.05, 4.69) is 15.4 Å². The Kier molecular flexibility index (Phi) is 5.42. The molecular formula is C21H20FN5O3. The first kappa shape index (κ1) is 19.6. The van der Waals surface area contributed by atoms with Crippen molar-refractivity contribution in [1.82, 2.24) is 20.1 Å². The largest absolute Gasteiger partial charge is 0.442 e. The Morgan fingerprint density at radius 3 is 2.93 bits per heavy atom. The fourth-order valence-corrected chi connectivity index (χ4v) is 3.16. The summed E-state index contributed by atoms with van der Waals surface area (Å²) in [7, 11) is 0. The Balaban J connectivity index is 1.49. The second-order valence-electron chi connectivity index (χ2n) is 6.80. The molecule has 1 saturated heterocycles. The predicted molar refractivity (Wildman–Crippen MR) is 108 cm³/mol. The van der Waals surface area contributed by atoms with Crippen molar-refractivity contribution in [3.63, 3.8) is 0 Å². The van der Waals surface area contributed by atoms with Gasteiger partial charge in [0.05, 0.1) is 30.7 Å². The Morgan fingerprint density at radius 1 is 1.33 bits per heavy atom. The lowest BCUT2D eigenvalue weighted by atomic mass is 10.2. The number of pyridine rings is 1. The molecule has 0 bridgehead atoms. The summed E-state index contributed by atoms with van der Waals surface area (Å²) < 4.78 is 21.5. The Morgan fingerprint density at radius 2 is 2.20 bits per heavy atom. The molecule has 0 spiro atoms. The minimum absolute atomic E-state index is 0.121. The Labute approximate surface area is 172 Å². The molecule has 0 aliphatic carbocycles. The van der Waals surface area contributed by atoms with Gasteiger partial charge in [0.15, 0.2) is 5.82 Å². The van der Waals surface area contributed by atoms with Gasteiger partial charge in [0, 0.05) is 24.4 Å². The minimum atomic E-state index is -0.575. The molecule has 2 amide bonds. The van der Waals surface area contributed by atoms with Crippen LogP contribution >= 0.6 is 0 Å². The summed E-state index contributed by atoms with van der Waals surface area (Å²) >= 11 is 0. The van der Waals surface area contributed by atoms with Crippen LogP contribution in [-0.4, -0.2) is 46.0 Å². The van der Waals surface area contributed by atoms with Crippen molar-refractivity contribution in [3.05, 3.63) is 60.8 Å². The highest BCUT2D eigenvalue weighted by molar-refractivity contribution is 5.90. The summed E-state index contributed by atoms with van der Waals surface area (Å²) in [5.74, 6) is -0.650. The number of ether oxygens (including phenoxy) is 1. The van der Waals surface area contributed by atoms with Gasteiger partial charge in [-0.3, -0.25) is 14.7 Å². The quantitative estimate of drug-likeness (QED) is 0.676. The molecule has 1 aliphatic rings. The predicted octanol–water partition coefficient (Wildman–Crippen LogP) is 2.92. The van der Waals surface area contributed by atoms with Crippen LogP contribution in [0.1, 0.15) is 13.3 Å². The van der Waals surface area contributed by atoms with Crippen LogP contribution in [0.15, 0.2) is 55.0 Å². The number of nitrogens with zero attached hydrogens (tertiary/aromatic N) is 4. The first-order chi connectivity index (χ1) is 14.5. The van der Waals surface area contributed by atoms with Crippen molar-refractivity contribution in [2.45, 2.75) is 19.4 Å². The summed E-state index contributed by atoms with van der Waals surface area (Å²) in [6.45, 7) is 2.19. The van der Waals surface area contributed by atoms with Gasteiger partial charge >= 0.3 is 6.09 Å². The smallest absolute Gasteiger partial charge is 0.414 e. The van der Waals surface area contributed by atoms with Gasteiger partial charge in [-0.05, 0) is 30.3 Å². The summed E-state index contributed by atoms with van der Waals surface area (Å²) in [5.41, 5.74) is 2.13. The van der Waals surface area contributed by atoms with Crippen LogP contribution in [0.2, 0.25) is 0 Å². The van der Waals surface area contributed by atoms with E-state index in [1.807, 2.05) is 18.2 Å². The van der Waals surface area contributed by atoms with Gasteiger partial charge in [0.1, 0.15) is 11.8 Å². The Bertz CT molecular complexity index is 1070.